The third kappa shape index (κ3) is 2.34. The van der Waals surface area contributed by atoms with Crippen molar-refractivity contribution in [2.45, 2.75) is 13.0 Å². The lowest BCUT2D eigenvalue weighted by molar-refractivity contribution is 0.0726. The molecule has 7 heteroatoms. The zero-order valence-electron chi connectivity index (χ0n) is 12.0. The maximum Gasteiger partial charge on any atom is 0.272 e. The number of pyridine rings is 1. The number of benzene rings is 1. The zero-order valence-corrected chi connectivity index (χ0v) is 12.0. The third-order valence-corrected chi connectivity index (χ3v) is 4.00. The summed E-state index contributed by atoms with van der Waals surface area (Å²) >= 11 is 0. The van der Waals surface area contributed by atoms with Crippen molar-refractivity contribution in [1.82, 2.24) is 19.9 Å². The normalized spacial score (nSPS) is 14.1. The van der Waals surface area contributed by atoms with E-state index in [0.717, 1.165) is 23.5 Å². The lowest BCUT2D eigenvalue weighted by Gasteiger charge is -2.26. The van der Waals surface area contributed by atoms with Crippen LogP contribution in [0.5, 0.6) is 0 Å². The molecule has 0 atom stereocenters. The van der Waals surface area contributed by atoms with E-state index in [1.54, 1.807) is 11.2 Å². The highest BCUT2D eigenvalue weighted by Crippen LogP contribution is 2.21. The highest BCUT2D eigenvalue weighted by atomic mass is 19.1. The molecule has 116 valence electrons. The van der Waals surface area contributed by atoms with Gasteiger partial charge in [-0.05, 0) is 12.1 Å². The molecular weight excluding hydrogens is 302 g/mol. The van der Waals surface area contributed by atoms with Gasteiger partial charge in [0.25, 0.3) is 5.91 Å². The number of hydrogen-bond acceptors (Lipinski definition) is 3. The summed E-state index contributed by atoms with van der Waals surface area (Å²) in [5.41, 5.74) is 2.17. The van der Waals surface area contributed by atoms with Gasteiger partial charge < -0.3 is 9.88 Å². The second kappa shape index (κ2) is 5.12. The maximum atomic E-state index is 13.7. The molecule has 0 fully saturated rings. The number of aromatic nitrogens is 3. The Bertz CT molecular complexity index is 922. The van der Waals surface area contributed by atoms with Crippen LogP contribution in [-0.4, -0.2) is 32.3 Å². The first-order chi connectivity index (χ1) is 11.1. The average molecular weight is 314 g/mol. The summed E-state index contributed by atoms with van der Waals surface area (Å²) in [6.45, 7) is 0.958. The number of rotatable bonds is 1. The number of aromatic amines is 1. The van der Waals surface area contributed by atoms with Crippen LogP contribution in [0.1, 0.15) is 21.9 Å². The van der Waals surface area contributed by atoms with Crippen molar-refractivity contribution in [2.24, 2.45) is 0 Å². The minimum Gasteiger partial charge on any atom is -0.347 e. The predicted molar refractivity (Wildman–Crippen MR) is 78.7 cm³/mol. The Morgan fingerprint density at radius 1 is 1.26 bits per heavy atom. The molecule has 0 aliphatic carbocycles. The van der Waals surface area contributed by atoms with Crippen LogP contribution < -0.4 is 0 Å². The Balaban J connectivity index is 1.68. The van der Waals surface area contributed by atoms with E-state index >= 15 is 0 Å². The number of hydrogen-bond donors (Lipinski definition) is 1. The van der Waals surface area contributed by atoms with E-state index < -0.39 is 11.6 Å². The van der Waals surface area contributed by atoms with Crippen molar-refractivity contribution in [2.75, 3.05) is 6.54 Å². The lowest BCUT2D eigenvalue weighted by Crippen LogP contribution is -2.36. The lowest BCUT2D eigenvalue weighted by atomic mass is 10.1. The third-order valence-electron chi connectivity index (χ3n) is 4.00. The Morgan fingerprint density at radius 3 is 3.00 bits per heavy atom. The molecule has 0 radical (unpaired) electrons. The quantitative estimate of drug-likeness (QED) is 0.750. The Kier molecular flexibility index (Phi) is 3.07. The van der Waals surface area contributed by atoms with Gasteiger partial charge in [0.2, 0.25) is 0 Å². The van der Waals surface area contributed by atoms with Crippen molar-refractivity contribution in [3.05, 3.63) is 59.3 Å². The van der Waals surface area contributed by atoms with E-state index in [9.17, 15) is 13.6 Å². The molecule has 0 saturated carbocycles. The number of nitrogens with zero attached hydrogens (tertiary/aromatic N) is 3. The summed E-state index contributed by atoms with van der Waals surface area (Å²) < 4.78 is 27.0. The molecule has 2 aromatic heterocycles. The molecule has 5 nitrogen and oxygen atoms in total. The van der Waals surface area contributed by atoms with Gasteiger partial charge in [-0.15, -0.1) is 0 Å². The molecule has 1 N–H and O–H groups in total. The largest absolute Gasteiger partial charge is 0.347 e. The number of carbonyl (C=O) groups is 1. The van der Waals surface area contributed by atoms with E-state index in [1.165, 1.54) is 12.1 Å². The highest BCUT2D eigenvalue weighted by Gasteiger charge is 2.24. The molecule has 1 aromatic carbocycles. The molecule has 0 unspecified atom stereocenters. The van der Waals surface area contributed by atoms with E-state index in [2.05, 4.69) is 15.0 Å². The fourth-order valence-electron chi connectivity index (χ4n) is 2.82. The molecule has 1 aliphatic rings. The molecule has 0 bridgehead atoms. The molecule has 0 saturated heterocycles. The summed E-state index contributed by atoms with van der Waals surface area (Å²) in [7, 11) is 0. The van der Waals surface area contributed by atoms with Gasteiger partial charge in [0.15, 0.2) is 0 Å². The van der Waals surface area contributed by atoms with Gasteiger partial charge in [0.1, 0.15) is 17.3 Å². The Labute approximate surface area is 130 Å². The summed E-state index contributed by atoms with van der Waals surface area (Å²) in [4.78, 5) is 25.6. The van der Waals surface area contributed by atoms with Crippen LogP contribution in [0.4, 0.5) is 8.78 Å². The standard InChI is InChI=1S/C16H12F2N4O/c17-9-5-11(18)10-1-2-13(21-14(10)6-9)16(23)22-4-3-12-15(7-22)20-8-19-12/h1-2,5-6,8H,3-4,7H2,(H,19,20). The number of imidazole rings is 1. The highest BCUT2D eigenvalue weighted by molar-refractivity contribution is 5.95. The van der Waals surface area contributed by atoms with Crippen molar-refractivity contribution in [3.63, 3.8) is 0 Å². The van der Waals surface area contributed by atoms with E-state index in [0.29, 0.717) is 19.5 Å². The van der Waals surface area contributed by atoms with Gasteiger partial charge in [-0.3, -0.25) is 4.79 Å². The fourth-order valence-corrected chi connectivity index (χ4v) is 2.82. The molecule has 0 spiro atoms. The second-order valence-corrected chi connectivity index (χ2v) is 5.46. The first-order valence-electron chi connectivity index (χ1n) is 7.18. The van der Waals surface area contributed by atoms with Crippen molar-refractivity contribution in [3.8, 4) is 0 Å². The summed E-state index contributed by atoms with van der Waals surface area (Å²) in [6.07, 6.45) is 2.28. The van der Waals surface area contributed by atoms with Crippen LogP contribution in [0.3, 0.4) is 0 Å². The number of carbonyl (C=O) groups excluding carboxylic acids is 1. The molecule has 1 aliphatic heterocycles. The van der Waals surface area contributed by atoms with Crippen LogP contribution in [0, 0.1) is 11.6 Å². The average Bonchev–Trinajstić information content (AvgIpc) is 3.01. The molecule has 3 aromatic rings. The predicted octanol–water partition coefficient (Wildman–Crippen LogP) is 2.43. The number of halogens is 2. The SMILES string of the molecule is O=C(c1ccc2c(F)cc(F)cc2n1)N1CCc2nc[nH]c2C1. The molecule has 4 rings (SSSR count). The van der Waals surface area contributed by atoms with Crippen LogP contribution in [0.25, 0.3) is 10.9 Å². The molecule has 23 heavy (non-hydrogen) atoms. The first kappa shape index (κ1) is 13.8. The molecular formula is C16H12F2N4O. The van der Waals surface area contributed by atoms with Crippen LogP contribution in [-0.2, 0) is 13.0 Å². The van der Waals surface area contributed by atoms with E-state index in [4.69, 9.17) is 0 Å². The molecule has 1 amide bonds. The zero-order chi connectivity index (χ0) is 16.0. The second-order valence-electron chi connectivity index (χ2n) is 5.46. The van der Waals surface area contributed by atoms with Gasteiger partial charge in [-0.1, -0.05) is 0 Å². The summed E-state index contributed by atoms with van der Waals surface area (Å²) in [6, 6.07) is 4.85. The number of nitrogens with one attached hydrogen (secondary N) is 1. The van der Waals surface area contributed by atoms with Gasteiger partial charge in [-0.25, -0.2) is 18.7 Å². The van der Waals surface area contributed by atoms with Crippen LogP contribution >= 0.6 is 0 Å². The van der Waals surface area contributed by atoms with Crippen LogP contribution in [0.2, 0.25) is 0 Å². The topological polar surface area (TPSA) is 61.9 Å². The Hall–Kier alpha value is -2.83. The molecule has 3 heterocycles. The van der Waals surface area contributed by atoms with E-state index in [1.807, 2.05) is 0 Å². The fraction of sp³-hybridized carbons (Fsp3) is 0.188. The minimum absolute atomic E-state index is 0.132. The number of amides is 1. The smallest absolute Gasteiger partial charge is 0.272 e. The number of fused-ring (bicyclic) bond motifs is 2. The summed E-state index contributed by atoms with van der Waals surface area (Å²) in [5, 5.41) is 0.192. The van der Waals surface area contributed by atoms with Crippen LogP contribution in [0.15, 0.2) is 30.6 Å². The van der Waals surface area contributed by atoms with Gasteiger partial charge in [-0.2, -0.15) is 0 Å². The van der Waals surface area contributed by atoms with Gasteiger partial charge >= 0.3 is 0 Å². The minimum atomic E-state index is -0.716. The van der Waals surface area contributed by atoms with Crippen molar-refractivity contribution >= 4 is 16.8 Å². The van der Waals surface area contributed by atoms with E-state index in [-0.39, 0.29) is 22.5 Å². The number of H-pyrrole nitrogens is 1. The monoisotopic (exact) mass is 314 g/mol. The van der Waals surface area contributed by atoms with Crippen molar-refractivity contribution in [1.29, 1.82) is 0 Å². The van der Waals surface area contributed by atoms with Gasteiger partial charge in [0.05, 0.1) is 29.8 Å². The van der Waals surface area contributed by atoms with Crippen molar-refractivity contribution < 1.29 is 13.6 Å². The first-order valence-corrected chi connectivity index (χ1v) is 7.18. The summed E-state index contributed by atoms with van der Waals surface area (Å²) in [5.74, 6) is -1.67. The maximum absolute atomic E-state index is 13.7. The Morgan fingerprint density at radius 2 is 2.13 bits per heavy atom. The van der Waals surface area contributed by atoms with Gasteiger partial charge in [0, 0.05) is 30.5 Å².